The van der Waals surface area contributed by atoms with E-state index < -0.39 is 0 Å². The molecule has 33 heavy (non-hydrogen) atoms. The molecule has 1 fully saturated rings. The van der Waals surface area contributed by atoms with Crippen LogP contribution in [0.15, 0.2) is 57.8 Å². The van der Waals surface area contributed by atoms with Gasteiger partial charge in [0.2, 0.25) is 0 Å². The number of hydrogen-bond acceptors (Lipinski definition) is 4. The molecule has 3 aliphatic rings. The molecular weight excluding hydrogens is 478 g/mol. The van der Waals surface area contributed by atoms with Gasteiger partial charge in [-0.15, -0.1) is 0 Å². The molecule has 172 valence electrons. The number of nitrogens with zero attached hydrogens (tertiary/aromatic N) is 1. The summed E-state index contributed by atoms with van der Waals surface area (Å²) < 4.78 is 0.923. The third kappa shape index (κ3) is 4.45. The molecule has 1 unspecified atom stereocenters. The zero-order valence-corrected chi connectivity index (χ0v) is 20.7. The first kappa shape index (κ1) is 22.2. The average Bonchev–Trinajstić information content (AvgIpc) is 3.33. The molecule has 1 amide bonds. The van der Waals surface area contributed by atoms with Crippen LogP contribution in [0.5, 0.6) is 0 Å². The van der Waals surface area contributed by atoms with Crippen molar-refractivity contribution in [3.63, 3.8) is 0 Å². The quantitative estimate of drug-likeness (QED) is 0.265. The van der Waals surface area contributed by atoms with E-state index in [1.54, 1.807) is 0 Å². The fourth-order valence-electron chi connectivity index (χ4n) is 5.23. The molecule has 1 atom stereocenters. The van der Waals surface area contributed by atoms with Crippen molar-refractivity contribution in [2.24, 2.45) is 22.9 Å². The Morgan fingerprint density at radius 3 is 2.64 bits per heavy atom. The van der Waals surface area contributed by atoms with Gasteiger partial charge in [-0.25, -0.2) is 0 Å². The second-order valence-corrected chi connectivity index (χ2v) is 10.5. The molecule has 0 saturated heterocycles. The highest BCUT2D eigenvalue weighted by Gasteiger charge is 2.34. The number of hydrogen-bond donors (Lipinski definition) is 2. The first-order chi connectivity index (χ1) is 16.0. The van der Waals surface area contributed by atoms with Gasteiger partial charge in [-0.1, -0.05) is 66.0 Å². The molecule has 2 N–H and O–H groups in total. The molecule has 6 heteroatoms. The minimum atomic E-state index is -0.133. The summed E-state index contributed by atoms with van der Waals surface area (Å²) in [6, 6.07) is 13.8. The minimum absolute atomic E-state index is 0.133. The monoisotopic (exact) mass is 507 g/mol. The largest absolute Gasteiger partial charge is 0.395 e. The molecule has 2 aromatic rings. The maximum absolute atomic E-state index is 12.9. The lowest BCUT2D eigenvalue weighted by atomic mass is 9.76. The molecule has 0 bridgehead atoms. The van der Waals surface area contributed by atoms with E-state index in [0.29, 0.717) is 29.5 Å². The first-order valence-electron chi connectivity index (χ1n) is 11.9. The van der Waals surface area contributed by atoms with Gasteiger partial charge in [-0.05, 0) is 61.3 Å². The van der Waals surface area contributed by atoms with Crippen LogP contribution < -0.4 is 10.6 Å². The highest BCUT2D eigenvalue weighted by Crippen LogP contribution is 2.40. The molecule has 2 aromatic carbocycles. The van der Waals surface area contributed by atoms with Crippen LogP contribution in [0.2, 0.25) is 0 Å². The third-order valence-electron chi connectivity index (χ3n) is 7.34. The summed E-state index contributed by atoms with van der Waals surface area (Å²) in [5.74, 6) is 2.16. The number of oxime groups is 1. The van der Waals surface area contributed by atoms with Gasteiger partial charge in [0.1, 0.15) is 12.3 Å². The Bertz CT molecular complexity index is 1130. The van der Waals surface area contributed by atoms with Crippen LogP contribution in [0.3, 0.4) is 0 Å². The average molecular weight is 508 g/mol. The summed E-state index contributed by atoms with van der Waals surface area (Å²) in [6.07, 6.45) is 6.34. The summed E-state index contributed by atoms with van der Waals surface area (Å²) in [5.41, 5.74) is 5.52. The van der Waals surface area contributed by atoms with Crippen LogP contribution in [0.25, 0.3) is 5.57 Å². The van der Waals surface area contributed by atoms with Crippen molar-refractivity contribution < 1.29 is 9.63 Å². The number of nitrogens with one attached hydrogen (secondary N) is 2. The summed E-state index contributed by atoms with van der Waals surface area (Å²) >= 11 is 3.53. The van der Waals surface area contributed by atoms with Crippen LogP contribution >= 0.6 is 15.9 Å². The van der Waals surface area contributed by atoms with E-state index >= 15 is 0 Å². The Morgan fingerprint density at radius 2 is 1.82 bits per heavy atom. The molecule has 0 radical (unpaired) electrons. The number of fused-ring (bicyclic) bond motifs is 2. The zero-order chi connectivity index (χ0) is 22.9. The van der Waals surface area contributed by atoms with Gasteiger partial charge in [0, 0.05) is 27.0 Å². The van der Waals surface area contributed by atoms with Gasteiger partial charge < -0.3 is 15.5 Å². The first-order valence-corrected chi connectivity index (χ1v) is 12.7. The Morgan fingerprint density at radius 1 is 1.06 bits per heavy atom. The maximum atomic E-state index is 12.9. The van der Waals surface area contributed by atoms with Crippen molar-refractivity contribution in [1.82, 2.24) is 0 Å². The Balaban J connectivity index is 1.38. The smallest absolute Gasteiger partial charge is 0.258 e. The molecule has 2 aliphatic heterocycles. The van der Waals surface area contributed by atoms with Crippen LogP contribution in [-0.2, 0) is 9.63 Å². The summed E-state index contributed by atoms with van der Waals surface area (Å²) in [5, 5.41) is 10.9. The predicted molar refractivity (Wildman–Crippen MR) is 137 cm³/mol. The molecule has 2 heterocycles. The van der Waals surface area contributed by atoms with Crippen molar-refractivity contribution in [3.05, 3.63) is 63.8 Å². The summed E-state index contributed by atoms with van der Waals surface area (Å²) in [6.45, 7) is 5.28. The third-order valence-corrected chi connectivity index (χ3v) is 7.83. The molecule has 0 aromatic heterocycles. The number of allylic oxidation sites excluding steroid dienone is 1. The number of halogens is 1. The van der Waals surface area contributed by atoms with Crippen LogP contribution in [0.1, 0.15) is 57.1 Å². The Labute approximate surface area is 203 Å². The highest BCUT2D eigenvalue weighted by molar-refractivity contribution is 9.10. The number of rotatable bonds is 5. The molecular formula is C27H30BrN3O2. The van der Waals surface area contributed by atoms with Gasteiger partial charge in [0.25, 0.3) is 5.91 Å². The van der Waals surface area contributed by atoms with Crippen molar-refractivity contribution in [2.45, 2.75) is 46.0 Å². The zero-order valence-electron chi connectivity index (χ0n) is 19.2. The molecule has 5 rings (SSSR count). The lowest BCUT2D eigenvalue weighted by Crippen LogP contribution is -2.20. The van der Waals surface area contributed by atoms with E-state index in [0.717, 1.165) is 45.2 Å². The Kier molecular flexibility index (Phi) is 6.28. The van der Waals surface area contributed by atoms with Gasteiger partial charge in [-0.2, -0.15) is 0 Å². The standard InChI is InChI=1S/C27H30BrN3O2/c1-16-7-9-18(10-8-16)17(2)13-14-33-31-25-20-5-3-4-6-22(20)29-26(25)24-21-15-19(28)11-12-23(21)30-27(24)32/h3-6,11-12,15-18,29H,7-10,13-14H2,1-2H3,(H,30,32)/b26-24-,31-25+. The number of anilines is 2. The van der Waals surface area contributed by atoms with Crippen LogP contribution in [0.4, 0.5) is 11.4 Å². The van der Waals surface area contributed by atoms with Crippen molar-refractivity contribution >= 4 is 44.5 Å². The Hall–Kier alpha value is -2.60. The fourth-order valence-corrected chi connectivity index (χ4v) is 5.59. The second-order valence-electron chi connectivity index (χ2n) is 9.62. The van der Waals surface area contributed by atoms with Gasteiger partial charge in [0.15, 0.2) is 0 Å². The fraction of sp³-hybridized carbons (Fsp3) is 0.407. The van der Waals surface area contributed by atoms with E-state index in [4.69, 9.17) is 4.84 Å². The van der Waals surface area contributed by atoms with Crippen LogP contribution in [-0.4, -0.2) is 18.2 Å². The summed E-state index contributed by atoms with van der Waals surface area (Å²) in [4.78, 5) is 18.8. The lowest BCUT2D eigenvalue weighted by molar-refractivity contribution is -0.110. The maximum Gasteiger partial charge on any atom is 0.258 e. The lowest BCUT2D eigenvalue weighted by Gasteiger charge is -2.30. The van der Waals surface area contributed by atoms with Crippen LogP contribution in [0, 0.1) is 17.8 Å². The predicted octanol–water partition coefficient (Wildman–Crippen LogP) is 6.81. The van der Waals surface area contributed by atoms with E-state index in [2.05, 4.69) is 45.6 Å². The number of para-hydroxylation sites is 1. The highest BCUT2D eigenvalue weighted by atomic mass is 79.9. The molecule has 1 aliphatic carbocycles. The number of benzene rings is 2. The number of carbonyl (C=O) groups excluding carboxylic acids is 1. The van der Waals surface area contributed by atoms with Gasteiger partial charge in [0.05, 0.1) is 11.3 Å². The number of carbonyl (C=O) groups is 1. The second kappa shape index (κ2) is 9.34. The molecule has 0 spiro atoms. The number of amides is 1. The van der Waals surface area contributed by atoms with Crippen molar-refractivity contribution in [1.29, 1.82) is 0 Å². The molecule has 1 saturated carbocycles. The van der Waals surface area contributed by atoms with E-state index in [-0.39, 0.29) is 5.91 Å². The normalized spacial score (nSPS) is 25.9. The summed E-state index contributed by atoms with van der Waals surface area (Å²) in [7, 11) is 0. The van der Waals surface area contributed by atoms with Crippen molar-refractivity contribution in [3.8, 4) is 0 Å². The van der Waals surface area contributed by atoms with Gasteiger partial charge >= 0.3 is 0 Å². The van der Waals surface area contributed by atoms with Gasteiger partial charge in [-0.3, -0.25) is 4.79 Å². The topological polar surface area (TPSA) is 62.7 Å². The SMILES string of the molecule is CC1CCC(C(C)CCO/N=C2/C(=C3/C(=O)Nc4ccc(Br)cc43)Nc3ccccc32)CC1. The van der Waals surface area contributed by atoms with E-state index in [9.17, 15) is 4.79 Å². The van der Waals surface area contributed by atoms with E-state index in [1.165, 1.54) is 25.7 Å². The minimum Gasteiger partial charge on any atom is -0.395 e. The van der Waals surface area contributed by atoms with E-state index in [1.807, 2.05) is 42.5 Å². The van der Waals surface area contributed by atoms with Crippen molar-refractivity contribution in [2.75, 3.05) is 17.2 Å². The molecule has 5 nitrogen and oxygen atoms in total.